The van der Waals surface area contributed by atoms with Gasteiger partial charge < -0.3 is 9.64 Å². The maximum Gasteiger partial charge on any atom is 0.254 e. The van der Waals surface area contributed by atoms with E-state index in [-0.39, 0.29) is 17.8 Å². The van der Waals surface area contributed by atoms with E-state index in [1.54, 1.807) is 17.9 Å². The highest BCUT2D eigenvalue weighted by Gasteiger charge is 2.25. The van der Waals surface area contributed by atoms with Crippen LogP contribution in [-0.4, -0.2) is 36.6 Å². The number of carbonyl (C=O) groups excluding carboxylic acids is 1. The van der Waals surface area contributed by atoms with Gasteiger partial charge in [0.05, 0.1) is 19.3 Å². The Morgan fingerprint density at radius 3 is 2.94 bits per heavy atom. The fourth-order valence-corrected chi connectivity index (χ4v) is 2.05. The summed E-state index contributed by atoms with van der Waals surface area (Å²) >= 11 is 0. The van der Waals surface area contributed by atoms with E-state index in [0.717, 1.165) is 0 Å². The van der Waals surface area contributed by atoms with Crippen molar-refractivity contribution < 1.29 is 13.9 Å². The summed E-state index contributed by atoms with van der Waals surface area (Å²) in [7, 11) is 0. The molecule has 0 spiro atoms. The second kappa shape index (κ2) is 4.84. The van der Waals surface area contributed by atoms with Gasteiger partial charge in [0.2, 0.25) is 0 Å². The molecule has 0 N–H and O–H groups in total. The van der Waals surface area contributed by atoms with Crippen LogP contribution in [0.1, 0.15) is 22.8 Å². The van der Waals surface area contributed by atoms with Crippen LogP contribution < -0.4 is 0 Å². The van der Waals surface area contributed by atoms with E-state index in [1.165, 1.54) is 12.1 Å². The Kier molecular flexibility index (Phi) is 3.43. The molecule has 0 saturated carbocycles. The third-order valence-corrected chi connectivity index (χ3v) is 3.05. The Labute approximate surface area is 100 Å². The molecule has 1 saturated heterocycles. The number of carbonyl (C=O) groups is 1. The van der Waals surface area contributed by atoms with Crippen LogP contribution >= 0.6 is 0 Å². The second-order valence-corrected chi connectivity index (χ2v) is 4.38. The van der Waals surface area contributed by atoms with Crippen LogP contribution in [0.5, 0.6) is 0 Å². The molecule has 3 nitrogen and oxygen atoms in total. The molecule has 1 heterocycles. The fraction of sp³-hybridized carbons (Fsp3) is 0.462. The topological polar surface area (TPSA) is 29.5 Å². The van der Waals surface area contributed by atoms with Crippen molar-refractivity contribution in [2.45, 2.75) is 19.9 Å². The summed E-state index contributed by atoms with van der Waals surface area (Å²) in [5.41, 5.74) is 1.24. The molecular weight excluding hydrogens is 221 g/mol. The summed E-state index contributed by atoms with van der Waals surface area (Å²) in [6, 6.07) is 4.33. The minimum Gasteiger partial charge on any atom is -0.377 e. The summed E-state index contributed by atoms with van der Waals surface area (Å²) in [6.07, 6.45) is 0. The highest BCUT2D eigenvalue weighted by atomic mass is 19.1. The van der Waals surface area contributed by atoms with Gasteiger partial charge in [-0.15, -0.1) is 0 Å². The molecule has 0 aliphatic carbocycles. The molecule has 1 aliphatic rings. The third-order valence-electron chi connectivity index (χ3n) is 3.05. The number of halogens is 1. The van der Waals surface area contributed by atoms with Gasteiger partial charge in [-0.05, 0) is 37.6 Å². The molecule has 1 amide bonds. The van der Waals surface area contributed by atoms with E-state index < -0.39 is 0 Å². The first-order valence-electron chi connectivity index (χ1n) is 5.74. The number of aryl methyl sites for hydroxylation is 1. The Morgan fingerprint density at radius 1 is 1.53 bits per heavy atom. The van der Waals surface area contributed by atoms with Gasteiger partial charge in [-0.3, -0.25) is 4.79 Å². The van der Waals surface area contributed by atoms with Gasteiger partial charge in [0.1, 0.15) is 5.82 Å². The lowest BCUT2D eigenvalue weighted by atomic mass is 10.1. The van der Waals surface area contributed by atoms with Gasteiger partial charge in [0.15, 0.2) is 0 Å². The van der Waals surface area contributed by atoms with Crippen molar-refractivity contribution in [3.05, 3.63) is 35.1 Å². The lowest BCUT2D eigenvalue weighted by molar-refractivity contribution is 0.00355. The quantitative estimate of drug-likeness (QED) is 0.747. The van der Waals surface area contributed by atoms with Gasteiger partial charge in [-0.1, -0.05) is 0 Å². The molecule has 1 fully saturated rings. The summed E-state index contributed by atoms with van der Waals surface area (Å²) in [6.45, 7) is 5.43. The molecule has 1 atom stereocenters. The molecule has 0 radical (unpaired) electrons. The molecule has 1 aliphatic heterocycles. The minimum absolute atomic E-state index is 0.0432. The predicted octanol–water partition coefficient (Wildman–Crippen LogP) is 2.00. The summed E-state index contributed by atoms with van der Waals surface area (Å²) in [5, 5.41) is 0. The maximum absolute atomic E-state index is 13.0. The Hall–Kier alpha value is -1.42. The van der Waals surface area contributed by atoms with Crippen molar-refractivity contribution in [2.24, 2.45) is 0 Å². The summed E-state index contributed by atoms with van der Waals surface area (Å²) < 4.78 is 18.3. The first kappa shape index (κ1) is 12.0. The van der Waals surface area contributed by atoms with Crippen molar-refractivity contribution in [3.63, 3.8) is 0 Å². The predicted molar refractivity (Wildman–Crippen MR) is 62.5 cm³/mol. The first-order chi connectivity index (χ1) is 8.09. The smallest absolute Gasteiger partial charge is 0.254 e. The van der Waals surface area contributed by atoms with E-state index in [9.17, 15) is 9.18 Å². The molecule has 17 heavy (non-hydrogen) atoms. The van der Waals surface area contributed by atoms with E-state index in [1.807, 2.05) is 6.92 Å². The number of hydrogen-bond donors (Lipinski definition) is 0. The fourth-order valence-electron chi connectivity index (χ4n) is 2.05. The van der Waals surface area contributed by atoms with Crippen molar-refractivity contribution in [2.75, 3.05) is 19.8 Å². The van der Waals surface area contributed by atoms with Gasteiger partial charge in [0, 0.05) is 12.1 Å². The Balaban J connectivity index is 2.24. The molecule has 1 unspecified atom stereocenters. The van der Waals surface area contributed by atoms with Gasteiger partial charge in [-0.25, -0.2) is 4.39 Å². The highest BCUT2D eigenvalue weighted by molar-refractivity contribution is 5.95. The molecule has 0 bridgehead atoms. The number of amides is 1. The number of rotatable bonds is 1. The van der Waals surface area contributed by atoms with Gasteiger partial charge in [-0.2, -0.15) is 0 Å². The summed E-state index contributed by atoms with van der Waals surface area (Å²) in [5.74, 6) is -0.354. The van der Waals surface area contributed by atoms with Crippen LogP contribution in [-0.2, 0) is 4.74 Å². The van der Waals surface area contributed by atoms with Crippen molar-refractivity contribution in [3.8, 4) is 0 Å². The average molecular weight is 237 g/mol. The second-order valence-electron chi connectivity index (χ2n) is 4.38. The lowest BCUT2D eigenvalue weighted by Crippen LogP contribution is -2.47. The van der Waals surface area contributed by atoms with Crippen molar-refractivity contribution >= 4 is 5.91 Å². The van der Waals surface area contributed by atoms with E-state index in [2.05, 4.69) is 0 Å². The Bertz CT molecular complexity index is 433. The SMILES string of the molecule is Cc1cc(F)ccc1C(=O)N1CCOCC1C. The number of ether oxygens (including phenoxy) is 1. The van der Waals surface area contributed by atoms with Gasteiger partial charge in [0.25, 0.3) is 5.91 Å². The summed E-state index contributed by atoms with van der Waals surface area (Å²) in [4.78, 5) is 14.1. The van der Waals surface area contributed by atoms with E-state index in [0.29, 0.717) is 30.9 Å². The molecule has 1 aromatic carbocycles. The van der Waals surface area contributed by atoms with Crippen LogP contribution in [0.4, 0.5) is 4.39 Å². The normalized spacial score (nSPS) is 20.4. The molecular formula is C13H16FNO2. The molecule has 2 rings (SSSR count). The van der Waals surface area contributed by atoms with E-state index in [4.69, 9.17) is 4.74 Å². The van der Waals surface area contributed by atoms with Gasteiger partial charge >= 0.3 is 0 Å². The van der Waals surface area contributed by atoms with Crippen molar-refractivity contribution in [1.82, 2.24) is 4.90 Å². The maximum atomic E-state index is 13.0. The zero-order chi connectivity index (χ0) is 12.4. The van der Waals surface area contributed by atoms with Crippen LogP contribution in [0, 0.1) is 12.7 Å². The van der Waals surface area contributed by atoms with Crippen LogP contribution in [0.25, 0.3) is 0 Å². The largest absolute Gasteiger partial charge is 0.377 e. The first-order valence-corrected chi connectivity index (χ1v) is 5.74. The number of morpholine rings is 1. The highest BCUT2D eigenvalue weighted by Crippen LogP contribution is 2.16. The van der Waals surface area contributed by atoms with Crippen LogP contribution in [0.15, 0.2) is 18.2 Å². The standard InChI is InChI=1S/C13H16FNO2/c1-9-7-11(14)3-4-12(9)13(16)15-5-6-17-8-10(15)2/h3-4,7,10H,5-6,8H2,1-2H3. The van der Waals surface area contributed by atoms with Crippen LogP contribution in [0.2, 0.25) is 0 Å². The number of hydrogen-bond acceptors (Lipinski definition) is 2. The molecule has 1 aromatic rings. The molecule has 4 heteroatoms. The zero-order valence-electron chi connectivity index (χ0n) is 10.1. The van der Waals surface area contributed by atoms with E-state index >= 15 is 0 Å². The Morgan fingerprint density at radius 2 is 2.29 bits per heavy atom. The van der Waals surface area contributed by atoms with Crippen molar-refractivity contribution in [1.29, 1.82) is 0 Å². The zero-order valence-corrected chi connectivity index (χ0v) is 10.1. The number of benzene rings is 1. The average Bonchev–Trinajstić information content (AvgIpc) is 2.29. The third kappa shape index (κ3) is 2.47. The minimum atomic E-state index is -0.311. The van der Waals surface area contributed by atoms with Crippen LogP contribution in [0.3, 0.4) is 0 Å². The monoisotopic (exact) mass is 237 g/mol. The molecule has 0 aromatic heterocycles. The number of nitrogens with zero attached hydrogens (tertiary/aromatic N) is 1. The molecule has 92 valence electrons. The lowest BCUT2D eigenvalue weighted by Gasteiger charge is -2.33.